The maximum atomic E-state index is 12.8. The van der Waals surface area contributed by atoms with E-state index in [-0.39, 0.29) is 10.9 Å². The second-order valence-electron chi connectivity index (χ2n) is 4.95. The van der Waals surface area contributed by atoms with Crippen molar-refractivity contribution in [3.63, 3.8) is 0 Å². The average molecular weight is 300 g/mol. The van der Waals surface area contributed by atoms with Gasteiger partial charge in [-0.15, -0.1) is 0 Å². The summed E-state index contributed by atoms with van der Waals surface area (Å²) in [5.41, 5.74) is 7.05. The highest BCUT2D eigenvalue weighted by Gasteiger charge is 2.28. The summed E-state index contributed by atoms with van der Waals surface area (Å²) >= 11 is 0. The predicted molar refractivity (Wildman–Crippen MR) is 81.1 cm³/mol. The third kappa shape index (κ3) is 3.94. The lowest BCUT2D eigenvalue weighted by atomic mass is 10.2. The van der Waals surface area contributed by atoms with Crippen LogP contribution in [-0.4, -0.2) is 39.0 Å². The van der Waals surface area contributed by atoms with Crippen LogP contribution in [0.15, 0.2) is 23.1 Å². The Hall–Kier alpha value is -1.11. The highest BCUT2D eigenvalue weighted by atomic mass is 32.2. The minimum atomic E-state index is -3.56. The zero-order valence-corrected chi connectivity index (χ0v) is 13.4. The number of rotatable bonds is 7. The summed E-state index contributed by atoms with van der Waals surface area (Å²) in [6, 6.07) is 4.82. The van der Waals surface area contributed by atoms with E-state index >= 15 is 0 Å². The summed E-state index contributed by atoms with van der Waals surface area (Å²) in [4.78, 5) is 0.242. The number of aryl methyl sites for hydroxylation is 1. The second kappa shape index (κ2) is 7.06. The molecule has 1 unspecified atom stereocenters. The lowest BCUT2D eigenvalue weighted by molar-refractivity contribution is 0.167. The number of nitrogen functional groups attached to an aromatic ring is 1. The number of nitrogens with zero attached hydrogens (tertiary/aromatic N) is 1. The van der Waals surface area contributed by atoms with Gasteiger partial charge in [0, 0.05) is 25.4 Å². The molecule has 0 aliphatic carbocycles. The molecule has 5 nitrogen and oxygen atoms in total. The lowest BCUT2D eigenvalue weighted by Gasteiger charge is -2.27. The van der Waals surface area contributed by atoms with Crippen LogP contribution in [-0.2, 0) is 14.8 Å². The van der Waals surface area contributed by atoms with Crippen molar-refractivity contribution in [2.24, 2.45) is 0 Å². The Balaban J connectivity index is 3.21. The smallest absolute Gasteiger partial charge is 0.243 e. The summed E-state index contributed by atoms with van der Waals surface area (Å²) in [5, 5.41) is 0. The first-order chi connectivity index (χ1) is 9.32. The Morgan fingerprint density at radius 3 is 2.50 bits per heavy atom. The van der Waals surface area contributed by atoms with Gasteiger partial charge in [0.1, 0.15) is 0 Å². The van der Waals surface area contributed by atoms with Gasteiger partial charge >= 0.3 is 0 Å². The molecule has 0 heterocycles. The standard InChI is InChI=1S/C14H24N2O3S/c1-5-12(3)16(6-7-19-4)20(17,18)14-9-11(2)8-13(15)10-14/h8-10,12H,5-7,15H2,1-4H3. The van der Waals surface area contributed by atoms with Crippen molar-refractivity contribution in [3.8, 4) is 0 Å². The quantitative estimate of drug-likeness (QED) is 0.782. The maximum absolute atomic E-state index is 12.8. The molecule has 0 fully saturated rings. The summed E-state index contributed by atoms with van der Waals surface area (Å²) in [5.74, 6) is 0. The van der Waals surface area contributed by atoms with Crippen LogP contribution in [0, 0.1) is 6.92 Å². The molecule has 0 saturated carbocycles. The molecule has 0 spiro atoms. The summed E-state index contributed by atoms with van der Waals surface area (Å²) in [7, 11) is -1.99. The van der Waals surface area contributed by atoms with Crippen molar-refractivity contribution < 1.29 is 13.2 Å². The second-order valence-corrected chi connectivity index (χ2v) is 6.84. The van der Waals surface area contributed by atoms with E-state index in [0.29, 0.717) is 18.8 Å². The Morgan fingerprint density at radius 2 is 2.00 bits per heavy atom. The molecule has 114 valence electrons. The van der Waals surface area contributed by atoms with Gasteiger partial charge in [0.25, 0.3) is 0 Å². The van der Waals surface area contributed by atoms with E-state index in [9.17, 15) is 8.42 Å². The fourth-order valence-corrected chi connectivity index (χ4v) is 3.85. The van der Waals surface area contributed by atoms with Gasteiger partial charge in [0.2, 0.25) is 10.0 Å². The molecule has 0 aliphatic heterocycles. The van der Waals surface area contributed by atoms with E-state index < -0.39 is 10.0 Å². The highest BCUT2D eigenvalue weighted by molar-refractivity contribution is 7.89. The van der Waals surface area contributed by atoms with Crippen LogP contribution in [0.25, 0.3) is 0 Å². The molecule has 1 atom stereocenters. The van der Waals surface area contributed by atoms with Crippen LogP contribution in [0.2, 0.25) is 0 Å². The molecule has 6 heteroatoms. The fraction of sp³-hybridized carbons (Fsp3) is 0.571. The molecule has 0 aromatic heterocycles. The first-order valence-corrected chi connectivity index (χ1v) is 8.14. The normalized spacial score (nSPS) is 13.7. The highest BCUT2D eigenvalue weighted by Crippen LogP contribution is 2.22. The van der Waals surface area contributed by atoms with Crippen LogP contribution in [0.5, 0.6) is 0 Å². The van der Waals surface area contributed by atoms with Crippen LogP contribution in [0.3, 0.4) is 0 Å². The lowest BCUT2D eigenvalue weighted by Crippen LogP contribution is -2.40. The topological polar surface area (TPSA) is 72.6 Å². The van der Waals surface area contributed by atoms with E-state index in [2.05, 4.69) is 0 Å². The van der Waals surface area contributed by atoms with Gasteiger partial charge in [-0.3, -0.25) is 0 Å². The summed E-state index contributed by atoms with van der Waals surface area (Å²) in [6.45, 7) is 6.39. The Labute approximate surface area is 121 Å². The molecule has 0 saturated heterocycles. The third-order valence-electron chi connectivity index (χ3n) is 3.28. The molecule has 1 aromatic rings. The van der Waals surface area contributed by atoms with Crippen molar-refractivity contribution in [2.75, 3.05) is 26.0 Å². The first-order valence-electron chi connectivity index (χ1n) is 6.70. The molecular formula is C14H24N2O3S. The van der Waals surface area contributed by atoms with Crippen molar-refractivity contribution in [1.29, 1.82) is 0 Å². The average Bonchev–Trinajstić information content (AvgIpc) is 2.37. The van der Waals surface area contributed by atoms with Crippen molar-refractivity contribution in [2.45, 2.75) is 38.1 Å². The molecule has 2 N–H and O–H groups in total. The molecule has 0 amide bonds. The first kappa shape index (κ1) is 16.9. The maximum Gasteiger partial charge on any atom is 0.243 e. The Morgan fingerprint density at radius 1 is 1.35 bits per heavy atom. The fourth-order valence-electron chi connectivity index (χ4n) is 2.02. The zero-order valence-electron chi connectivity index (χ0n) is 12.6. The van der Waals surface area contributed by atoms with Crippen LogP contribution in [0.4, 0.5) is 5.69 Å². The van der Waals surface area contributed by atoms with E-state index in [1.807, 2.05) is 20.8 Å². The Kier molecular flexibility index (Phi) is 5.98. The number of methoxy groups -OCH3 is 1. The van der Waals surface area contributed by atoms with E-state index in [1.165, 1.54) is 10.4 Å². The number of hydrogen-bond donors (Lipinski definition) is 1. The van der Waals surface area contributed by atoms with Gasteiger partial charge in [-0.2, -0.15) is 4.31 Å². The molecule has 0 bridgehead atoms. The van der Waals surface area contributed by atoms with E-state index in [0.717, 1.165) is 12.0 Å². The number of ether oxygens (including phenoxy) is 1. The van der Waals surface area contributed by atoms with E-state index in [1.54, 1.807) is 19.2 Å². The van der Waals surface area contributed by atoms with Gasteiger partial charge < -0.3 is 10.5 Å². The molecule has 0 aliphatic rings. The van der Waals surface area contributed by atoms with E-state index in [4.69, 9.17) is 10.5 Å². The van der Waals surface area contributed by atoms with Crippen LogP contribution >= 0.6 is 0 Å². The Bertz CT molecular complexity index is 523. The summed E-state index contributed by atoms with van der Waals surface area (Å²) in [6.07, 6.45) is 0.740. The van der Waals surface area contributed by atoms with Gasteiger partial charge in [-0.25, -0.2) is 8.42 Å². The minimum Gasteiger partial charge on any atom is -0.399 e. The molecule has 1 aromatic carbocycles. The van der Waals surface area contributed by atoms with Crippen LogP contribution in [0.1, 0.15) is 25.8 Å². The van der Waals surface area contributed by atoms with Gasteiger partial charge in [0.05, 0.1) is 11.5 Å². The van der Waals surface area contributed by atoms with Crippen molar-refractivity contribution in [1.82, 2.24) is 4.31 Å². The predicted octanol–water partition coefficient (Wildman–Crippen LogP) is 2.01. The largest absolute Gasteiger partial charge is 0.399 e. The monoisotopic (exact) mass is 300 g/mol. The number of hydrogen-bond acceptors (Lipinski definition) is 4. The van der Waals surface area contributed by atoms with Crippen molar-refractivity contribution in [3.05, 3.63) is 23.8 Å². The molecule has 0 radical (unpaired) electrons. The minimum absolute atomic E-state index is 0.0862. The molecule has 20 heavy (non-hydrogen) atoms. The van der Waals surface area contributed by atoms with Crippen LogP contribution < -0.4 is 5.73 Å². The third-order valence-corrected chi connectivity index (χ3v) is 5.27. The SMILES string of the molecule is CCC(C)N(CCOC)S(=O)(=O)c1cc(C)cc(N)c1. The zero-order chi connectivity index (χ0) is 15.3. The van der Waals surface area contributed by atoms with Gasteiger partial charge in [-0.1, -0.05) is 6.92 Å². The number of nitrogens with two attached hydrogens (primary N) is 1. The van der Waals surface area contributed by atoms with Gasteiger partial charge in [0.15, 0.2) is 0 Å². The number of benzene rings is 1. The number of sulfonamides is 1. The summed E-state index contributed by atoms with van der Waals surface area (Å²) < 4.78 is 32.0. The molecule has 1 rings (SSSR count). The van der Waals surface area contributed by atoms with Gasteiger partial charge in [-0.05, 0) is 44.0 Å². The number of anilines is 1. The van der Waals surface area contributed by atoms with Crippen molar-refractivity contribution >= 4 is 15.7 Å². The molecular weight excluding hydrogens is 276 g/mol.